The van der Waals surface area contributed by atoms with Gasteiger partial charge >= 0.3 is 0 Å². The molecule has 0 aliphatic heterocycles. The monoisotopic (exact) mass is 284 g/mol. The zero-order valence-corrected chi connectivity index (χ0v) is 12.8. The van der Waals surface area contributed by atoms with Crippen molar-refractivity contribution in [2.45, 2.75) is 78.1 Å². The van der Waals surface area contributed by atoms with Crippen LogP contribution in [0.1, 0.15) is 78.1 Å². The minimum Gasteiger partial charge on any atom is -0.300 e. The highest BCUT2D eigenvalue weighted by Gasteiger charge is 2.00. The lowest BCUT2D eigenvalue weighted by molar-refractivity contribution is -0.119. The standard InChI is InChI=1S/C13H26O.2CHNO/c1-3-5-7-9-11-13(14)12-10-8-6-4-2;2*2-1-3/h3-12H2,1-2H3;2*2H. The highest BCUT2D eigenvalue weighted by atomic mass is 16.1. The maximum atomic E-state index is 11.4. The molecule has 0 fully saturated rings. The Hall–Kier alpha value is -1.57. The molecule has 0 aromatic heterocycles. The molecule has 0 aliphatic carbocycles. The molecule has 0 heterocycles. The van der Waals surface area contributed by atoms with Crippen molar-refractivity contribution in [2.24, 2.45) is 0 Å². The Morgan fingerprint density at radius 1 is 0.750 bits per heavy atom. The van der Waals surface area contributed by atoms with Crippen LogP contribution in [0.2, 0.25) is 0 Å². The van der Waals surface area contributed by atoms with Gasteiger partial charge in [-0.2, -0.15) is 0 Å². The zero-order chi connectivity index (χ0) is 16.1. The van der Waals surface area contributed by atoms with Gasteiger partial charge in [-0.15, -0.1) is 0 Å². The molecular weight excluding hydrogens is 256 g/mol. The molecule has 5 heteroatoms. The second-order valence-electron chi connectivity index (χ2n) is 4.36. The molecule has 5 nitrogen and oxygen atoms in total. The Balaban J connectivity index is -0.000000408. The molecular formula is C15H28N2O3. The van der Waals surface area contributed by atoms with Crippen LogP contribution in [0, 0.1) is 10.8 Å². The van der Waals surface area contributed by atoms with Crippen molar-refractivity contribution in [2.75, 3.05) is 0 Å². The second kappa shape index (κ2) is 26.1. The number of hydrogen-bond acceptors (Lipinski definition) is 5. The number of nitrogens with one attached hydrogen (secondary N) is 2. The summed E-state index contributed by atoms with van der Waals surface area (Å²) in [5.41, 5.74) is 0. The summed E-state index contributed by atoms with van der Waals surface area (Å²) >= 11 is 0. The summed E-state index contributed by atoms with van der Waals surface area (Å²) in [4.78, 5) is 28.1. The highest BCUT2D eigenvalue weighted by molar-refractivity contribution is 5.78. The molecule has 0 radical (unpaired) electrons. The number of rotatable bonds is 10. The van der Waals surface area contributed by atoms with Gasteiger partial charge < -0.3 is 0 Å². The highest BCUT2D eigenvalue weighted by Crippen LogP contribution is 2.08. The van der Waals surface area contributed by atoms with Crippen molar-refractivity contribution < 1.29 is 14.4 Å². The summed E-state index contributed by atoms with van der Waals surface area (Å²) < 4.78 is 0. The number of unbranched alkanes of at least 4 members (excludes halogenated alkanes) is 6. The minimum atomic E-state index is 0.484. The van der Waals surface area contributed by atoms with Gasteiger partial charge in [0.2, 0.25) is 12.2 Å². The lowest BCUT2D eigenvalue weighted by Gasteiger charge is -2.00. The molecule has 20 heavy (non-hydrogen) atoms. The number of hydrogen-bond donors (Lipinski definition) is 2. The molecule has 0 spiro atoms. The summed E-state index contributed by atoms with van der Waals surface area (Å²) in [7, 11) is 0. The SMILES string of the molecule is CCCCCCC(=O)CCCCCC.N=C=O.N=C=O. The Morgan fingerprint density at radius 2 is 1.05 bits per heavy atom. The summed E-state index contributed by atoms with van der Waals surface area (Å²) in [5, 5.41) is 10.8. The number of Topliss-reactive ketones (excluding diaryl/α,β-unsaturated/α-hetero) is 1. The van der Waals surface area contributed by atoms with Crippen LogP contribution < -0.4 is 0 Å². The fourth-order valence-corrected chi connectivity index (χ4v) is 1.62. The zero-order valence-electron chi connectivity index (χ0n) is 12.8. The first-order valence-electron chi connectivity index (χ1n) is 7.23. The number of carbonyl (C=O) groups is 1. The molecule has 0 rings (SSSR count). The van der Waals surface area contributed by atoms with Crippen molar-refractivity contribution in [3.8, 4) is 0 Å². The van der Waals surface area contributed by atoms with Crippen LogP contribution in [-0.4, -0.2) is 17.9 Å². The molecule has 0 saturated carbocycles. The van der Waals surface area contributed by atoms with Crippen LogP contribution in [0.5, 0.6) is 0 Å². The molecule has 0 aromatic rings. The normalized spacial score (nSPS) is 8.10. The predicted octanol–water partition coefficient (Wildman–Crippen LogP) is 4.30. The first kappa shape index (κ1) is 23.5. The van der Waals surface area contributed by atoms with Gasteiger partial charge in [0.05, 0.1) is 0 Å². The van der Waals surface area contributed by atoms with Crippen molar-refractivity contribution in [3.05, 3.63) is 0 Å². The van der Waals surface area contributed by atoms with E-state index in [-0.39, 0.29) is 0 Å². The molecule has 0 atom stereocenters. The third kappa shape index (κ3) is 36.0. The van der Waals surface area contributed by atoms with Gasteiger partial charge in [-0.3, -0.25) is 4.79 Å². The summed E-state index contributed by atoms with van der Waals surface area (Å²) in [6, 6.07) is 0. The molecule has 116 valence electrons. The fourth-order valence-electron chi connectivity index (χ4n) is 1.62. The van der Waals surface area contributed by atoms with Crippen molar-refractivity contribution >= 4 is 17.9 Å². The molecule has 0 saturated heterocycles. The largest absolute Gasteiger partial charge is 0.300 e. The van der Waals surface area contributed by atoms with Gasteiger partial charge in [0.25, 0.3) is 0 Å². The van der Waals surface area contributed by atoms with Gasteiger partial charge in [0.15, 0.2) is 0 Å². The molecule has 0 amide bonds. The molecule has 0 aliphatic rings. The maximum Gasteiger partial charge on any atom is 0.231 e. The lowest BCUT2D eigenvalue weighted by atomic mass is 10.0. The Kier molecular flexibility index (Phi) is 30.7. The quantitative estimate of drug-likeness (QED) is 0.355. The summed E-state index contributed by atoms with van der Waals surface area (Å²) in [6.07, 6.45) is 12.9. The van der Waals surface area contributed by atoms with Crippen LogP contribution in [-0.2, 0) is 14.4 Å². The summed E-state index contributed by atoms with van der Waals surface area (Å²) in [5.74, 6) is 0.484. The minimum absolute atomic E-state index is 0.484. The van der Waals surface area contributed by atoms with Crippen LogP contribution in [0.3, 0.4) is 0 Å². The van der Waals surface area contributed by atoms with Crippen molar-refractivity contribution in [1.29, 1.82) is 10.8 Å². The average molecular weight is 284 g/mol. The predicted molar refractivity (Wildman–Crippen MR) is 79.4 cm³/mol. The van der Waals surface area contributed by atoms with E-state index in [1.807, 2.05) is 0 Å². The molecule has 0 bridgehead atoms. The number of isocyanates is 2. The number of ketones is 1. The van der Waals surface area contributed by atoms with E-state index in [2.05, 4.69) is 13.8 Å². The number of carbonyl (C=O) groups excluding carboxylic acids is 3. The summed E-state index contributed by atoms with van der Waals surface area (Å²) in [6.45, 7) is 4.40. The van der Waals surface area contributed by atoms with Gasteiger partial charge in [-0.25, -0.2) is 20.4 Å². The Morgan fingerprint density at radius 3 is 1.30 bits per heavy atom. The molecule has 2 N–H and O–H groups in total. The third-order valence-electron chi connectivity index (χ3n) is 2.62. The van der Waals surface area contributed by atoms with Crippen LogP contribution in [0.25, 0.3) is 0 Å². The fraction of sp³-hybridized carbons (Fsp3) is 0.800. The van der Waals surface area contributed by atoms with E-state index >= 15 is 0 Å². The first-order valence-corrected chi connectivity index (χ1v) is 7.23. The third-order valence-corrected chi connectivity index (χ3v) is 2.62. The van der Waals surface area contributed by atoms with Gasteiger partial charge in [-0.1, -0.05) is 52.4 Å². The van der Waals surface area contributed by atoms with Gasteiger partial charge in [-0.05, 0) is 12.8 Å². The van der Waals surface area contributed by atoms with Gasteiger partial charge in [0.1, 0.15) is 5.78 Å². The Labute approximate surface area is 122 Å². The van der Waals surface area contributed by atoms with Crippen LogP contribution in [0.15, 0.2) is 0 Å². The van der Waals surface area contributed by atoms with Crippen LogP contribution >= 0.6 is 0 Å². The van der Waals surface area contributed by atoms with E-state index in [9.17, 15) is 4.79 Å². The molecule has 0 aromatic carbocycles. The lowest BCUT2D eigenvalue weighted by Crippen LogP contribution is -1.97. The first-order chi connectivity index (χ1) is 9.64. The average Bonchev–Trinajstić information content (AvgIpc) is 2.42. The smallest absolute Gasteiger partial charge is 0.231 e. The van der Waals surface area contributed by atoms with E-state index < -0.39 is 0 Å². The van der Waals surface area contributed by atoms with E-state index in [4.69, 9.17) is 20.4 Å². The van der Waals surface area contributed by atoms with E-state index in [1.165, 1.54) is 38.5 Å². The van der Waals surface area contributed by atoms with Crippen molar-refractivity contribution in [1.82, 2.24) is 0 Å². The van der Waals surface area contributed by atoms with E-state index in [0.717, 1.165) is 37.8 Å². The maximum absolute atomic E-state index is 11.4. The van der Waals surface area contributed by atoms with Crippen molar-refractivity contribution in [3.63, 3.8) is 0 Å². The molecule has 0 unspecified atom stereocenters. The Bertz CT molecular complexity index is 240. The second-order valence-corrected chi connectivity index (χ2v) is 4.36. The van der Waals surface area contributed by atoms with E-state index in [0.29, 0.717) is 5.78 Å². The van der Waals surface area contributed by atoms with Crippen LogP contribution in [0.4, 0.5) is 0 Å². The van der Waals surface area contributed by atoms with Gasteiger partial charge in [0, 0.05) is 12.8 Å². The van der Waals surface area contributed by atoms with E-state index in [1.54, 1.807) is 0 Å². The topological polar surface area (TPSA) is 98.9 Å².